The van der Waals surface area contributed by atoms with Crippen LogP contribution < -0.4 is 5.32 Å². The second-order valence-electron chi connectivity index (χ2n) is 3.76. The highest BCUT2D eigenvalue weighted by Gasteiger charge is 2.08. The van der Waals surface area contributed by atoms with E-state index >= 15 is 0 Å². The Hall–Kier alpha value is -0.850. The zero-order chi connectivity index (χ0) is 12.8. The van der Waals surface area contributed by atoms with Gasteiger partial charge in [0.15, 0.2) is 0 Å². The number of anilines is 1. The summed E-state index contributed by atoms with van der Waals surface area (Å²) < 4.78 is 5.07. The first kappa shape index (κ1) is 13.6. The van der Waals surface area contributed by atoms with E-state index in [0.717, 1.165) is 46.5 Å². The SMILES string of the molecule is CCCNc1nc(SCCOC)c2ccsc2n1. The summed E-state index contributed by atoms with van der Waals surface area (Å²) in [7, 11) is 1.72. The highest BCUT2D eigenvalue weighted by Crippen LogP contribution is 2.29. The van der Waals surface area contributed by atoms with E-state index in [-0.39, 0.29) is 0 Å². The zero-order valence-corrected chi connectivity index (χ0v) is 12.2. The Bertz CT molecular complexity index is 501. The molecule has 0 aliphatic carbocycles. The molecule has 0 bridgehead atoms. The molecule has 0 spiro atoms. The minimum atomic E-state index is 0.728. The van der Waals surface area contributed by atoms with Crippen LogP contribution in [0.2, 0.25) is 0 Å². The highest BCUT2D eigenvalue weighted by molar-refractivity contribution is 7.99. The van der Waals surface area contributed by atoms with Gasteiger partial charge in [0, 0.05) is 24.8 Å². The van der Waals surface area contributed by atoms with Gasteiger partial charge in [0.1, 0.15) is 9.86 Å². The van der Waals surface area contributed by atoms with Gasteiger partial charge >= 0.3 is 0 Å². The lowest BCUT2D eigenvalue weighted by Gasteiger charge is -2.06. The van der Waals surface area contributed by atoms with Crippen molar-refractivity contribution >= 4 is 39.3 Å². The Kier molecular flexibility index (Phi) is 5.22. The van der Waals surface area contributed by atoms with Crippen LogP contribution in [0.4, 0.5) is 5.95 Å². The molecule has 0 aliphatic rings. The molecule has 6 heteroatoms. The van der Waals surface area contributed by atoms with E-state index in [9.17, 15) is 0 Å². The molecular formula is C12H17N3OS2. The number of thiophene rings is 1. The maximum absolute atomic E-state index is 5.07. The molecule has 18 heavy (non-hydrogen) atoms. The standard InChI is InChI=1S/C12H17N3OS2/c1-3-5-13-12-14-10-9(4-7-17-10)11(15-12)18-8-6-16-2/h4,7H,3,5-6,8H2,1-2H3,(H,13,14,15). The molecule has 0 aliphatic heterocycles. The van der Waals surface area contributed by atoms with Crippen LogP contribution in [0.3, 0.4) is 0 Å². The van der Waals surface area contributed by atoms with Crippen molar-refractivity contribution in [1.82, 2.24) is 9.97 Å². The van der Waals surface area contributed by atoms with E-state index in [0.29, 0.717) is 0 Å². The molecule has 2 rings (SSSR count). The number of aromatic nitrogens is 2. The molecule has 2 heterocycles. The van der Waals surface area contributed by atoms with Crippen LogP contribution >= 0.6 is 23.1 Å². The van der Waals surface area contributed by atoms with E-state index in [1.165, 1.54) is 0 Å². The monoisotopic (exact) mass is 283 g/mol. The lowest BCUT2D eigenvalue weighted by molar-refractivity contribution is 0.218. The first-order valence-corrected chi connectivity index (χ1v) is 7.82. The summed E-state index contributed by atoms with van der Waals surface area (Å²) in [5.41, 5.74) is 0. The minimum Gasteiger partial charge on any atom is -0.384 e. The largest absolute Gasteiger partial charge is 0.384 e. The minimum absolute atomic E-state index is 0.728. The Labute approximate surface area is 115 Å². The van der Waals surface area contributed by atoms with Crippen LogP contribution in [0.15, 0.2) is 16.5 Å². The number of hydrogen-bond acceptors (Lipinski definition) is 6. The summed E-state index contributed by atoms with van der Waals surface area (Å²) in [6.45, 7) is 3.77. The quantitative estimate of drug-likeness (QED) is 0.480. The molecule has 0 saturated carbocycles. The van der Waals surface area contributed by atoms with Crippen LogP contribution in [-0.4, -0.2) is 36.0 Å². The first-order chi connectivity index (χ1) is 8.85. The maximum Gasteiger partial charge on any atom is 0.225 e. The second-order valence-corrected chi connectivity index (χ2v) is 5.74. The summed E-state index contributed by atoms with van der Waals surface area (Å²) in [5.74, 6) is 1.64. The van der Waals surface area contributed by atoms with Gasteiger partial charge in [-0.2, -0.15) is 0 Å². The summed E-state index contributed by atoms with van der Waals surface area (Å²) >= 11 is 3.37. The molecule has 0 fully saturated rings. The van der Waals surface area contributed by atoms with E-state index in [1.54, 1.807) is 30.2 Å². The number of fused-ring (bicyclic) bond motifs is 1. The first-order valence-electron chi connectivity index (χ1n) is 5.96. The van der Waals surface area contributed by atoms with E-state index in [2.05, 4.69) is 33.7 Å². The predicted molar refractivity (Wildman–Crippen MR) is 78.8 cm³/mol. The van der Waals surface area contributed by atoms with Gasteiger partial charge in [0.25, 0.3) is 0 Å². The molecule has 0 aromatic carbocycles. The van der Waals surface area contributed by atoms with Gasteiger partial charge in [-0.25, -0.2) is 9.97 Å². The van der Waals surface area contributed by atoms with Gasteiger partial charge in [-0.3, -0.25) is 0 Å². The van der Waals surface area contributed by atoms with Gasteiger partial charge in [-0.15, -0.1) is 23.1 Å². The normalized spacial score (nSPS) is 11.0. The summed E-state index contributed by atoms with van der Waals surface area (Å²) in [5, 5.41) is 7.49. The van der Waals surface area contributed by atoms with Crippen LogP contribution in [0.1, 0.15) is 13.3 Å². The van der Waals surface area contributed by atoms with Crippen LogP contribution in [-0.2, 0) is 4.74 Å². The molecule has 0 unspecified atom stereocenters. The third-order valence-electron chi connectivity index (χ3n) is 2.35. The van der Waals surface area contributed by atoms with Gasteiger partial charge < -0.3 is 10.1 Å². The lowest BCUT2D eigenvalue weighted by Crippen LogP contribution is -2.05. The Morgan fingerprint density at radius 3 is 3.11 bits per heavy atom. The zero-order valence-electron chi connectivity index (χ0n) is 10.6. The molecule has 0 amide bonds. The van der Waals surface area contributed by atoms with Gasteiger partial charge in [0.05, 0.1) is 6.61 Å². The molecule has 2 aromatic rings. The molecular weight excluding hydrogens is 266 g/mol. The number of rotatable bonds is 7. The summed E-state index contributed by atoms with van der Waals surface area (Å²) in [4.78, 5) is 10.1. The number of ether oxygens (including phenoxy) is 1. The van der Waals surface area contributed by atoms with Gasteiger partial charge in [-0.05, 0) is 17.9 Å². The second kappa shape index (κ2) is 6.92. The Morgan fingerprint density at radius 1 is 1.44 bits per heavy atom. The van der Waals surface area contributed by atoms with Crippen molar-refractivity contribution in [2.75, 3.05) is 31.3 Å². The third kappa shape index (κ3) is 3.34. The molecule has 98 valence electrons. The lowest BCUT2D eigenvalue weighted by atomic mass is 10.4. The van der Waals surface area contributed by atoms with Crippen LogP contribution in [0.5, 0.6) is 0 Å². The maximum atomic E-state index is 5.07. The fourth-order valence-electron chi connectivity index (χ4n) is 1.48. The third-order valence-corrected chi connectivity index (χ3v) is 4.11. The Morgan fingerprint density at radius 2 is 2.33 bits per heavy atom. The fourth-order valence-corrected chi connectivity index (χ4v) is 3.22. The van der Waals surface area contributed by atoms with Gasteiger partial charge in [-0.1, -0.05) is 6.92 Å². The van der Waals surface area contributed by atoms with E-state index in [4.69, 9.17) is 4.74 Å². The average Bonchev–Trinajstić information content (AvgIpc) is 2.85. The van der Waals surface area contributed by atoms with Crippen molar-refractivity contribution in [2.45, 2.75) is 18.4 Å². The predicted octanol–water partition coefficient (Wildman–Crippen LogP) is 3.25. The van der Waals surface area contributed by atoms with Crippen molar-refractivity contribution in [1.29, 1.82) is 0 Å². The van der Waals surface area contributed by atoms with E-state index < -0.39 is 0 Å². The fraction of sp³-hybridized carbons (Fsp3) is 0.500. The van der Waals surface area contributed by atoms with E-state index in [1.807, 2.05) is 0 Å². The summed E-state index contributed by atoms with van der Waals surface area (Å²) in [6, 6.07) is 2.08. The number of thioether (sulfide) groups is 1. The van der Waals surface area contributed by atoms with Crippen molar-refractivity contribution < 1.29 is 4.74 Å². The number of nitrogens with one attached hydrogen (secondary N) is 1. The molecule has 4 nitrogen and oxygen atoms in total. The van der Waals surface area contributed by atoms with Crippen LogP contribution in [0, 0.1) is 0 Å². The van der Waals surface area contributed by atoms with Crippen molar-refractivity contribution in [2.24, 2.45) is 0 Å². The number of nitrogens with zero attached hydrogens (tertiary/aromatic N) is 2. The molecule has 0 saturated heterocycles. The van der Waals surface area contributed by atoms with Crippen molar-refractivity contribution in [3.63, 3.8) is 0 Å². The molecule has 2 aromatic heterocycles. The number of hydrogen-bond donors (Lipinski definition) is 1. The molecule has 1 N–H and O–H groups in total. The summed E-state index contributed by atoms with van der Waals surface area (Å²) in [6.07, 6.45) is 1.07. The molecule has 0 atom stereocenters. The average molecular weight is 283 g/mol. The van der Waals surface area contributed by atoms with Gasteiger partial charge in [0.2, 0.25) is 5.95 Å². The van der Waals surface area contributed by atoms with Crippen molar-refractivity contribution in [3.05, 3.63) is 11.4 Å². The molecule has 0 radical (unpaired) electrons. The topological polar surface area (TPSA) is 47.0 Å². The highest BCUT2D eigenvalue weighted by atomic mass is 32.2. The number of methoxy groups -OCH3 is 1. The Balaban J connectivity index is 2.21. The van der Waals surface area contributed by atoms with Crippen LogP contribution in [0.25, 0.3) is 10.2 Å². The van der Waals surface area contributed by atoms with Crippen molar-refractivity contribution in [3.8, 4) is 0 Å². The smallest absolute Gasteiger partial charge is 0.225 e.